The van der Waals surface area contributed by atoms with Gasteiger partial charge < -0.3 is 0 Å². The van der Waals surface area contributed by atoms with Gasteiger partial charge in [0, 0.05) is 22.6 Å². The highest BCUT2D eigenvalue weighted by molar-refractivity contribution is 8.25. The van der Waals surface area contributed by atoms with Crippen LogP contribution >= 0.6 is 22.6 Å². The van der Waals surface area contributed by atoms with Gasteiger partial charge in [-0.1, -0.05) is 5.22 Å². The number of amides is 2. The summed E-state index contributed by atoms with van der Waals surface area (Å²) in [5, 5.41) is 5.97. The van der Waals surface area contributed by atoms with Crippen LogP contribution in [-0.4, -0.2) is 31.1 Å². The number of hydrogen-bond acceptors (Lipinski definition) is 7. The van der Waals surface area contributed by atoms with Crippen LogP contribution in [0.5, 0.6) is 0 Å². The molecule has 0 unspecified atom stereocenters. The van der Waals surface area contributed by atoms with Crippen molar-refractivity contribution < 1.29 is 18.0 Å². The van der Waals surface area contributed by atoms with Crippen molar-refractivity contribution in [3.05, 3.63) is 0 Å². The lowest BCUT2D eigenvalue weighted by Crippen LogP contribution is -2.29. The minimum absolute atomic E-state index is 0.127. The first kappa shape index (κ1) is 11.4. The standard InChI is InChI=1S/C3H3ClN4O4S2/c4-14(11,12)7-13-3(10)8-2(9)1-5-6-8/h7H,1H2. The SMILES string of the molecule is O=C1CN=NN1C(=O)SNS(=O)(=O)Cl. The molecular weight excluding hydrogens is 256 g/mol. The maximum atomic E-state index is 11.0. The van der Waals surface area contributed by atoms with E-state index in [1.54, 1.807) is 4.13 Å². The number of nitrogens with one attached hydrogen (secondary N) is 1. The zero-order valence-corrected chi connectivity index (χ0v) is 8.77. The third-order valence-corrected chi connectivity index (χ3v) is 3.04. The van der Waals surface area contributed by atoms with E-state index in [1.807, 2.05) is 0 Å². The maximum Gasteiger partial charge on any atom is 0.326 e. The predicted octanol–water partition coefficient (Wildman–Crippen LogP) is 0.0372. The zero-order valence-electron chi connectivity index (χ0n) is 6.38. The summed E-state index contributed by atoms with van der Waals surface area (Å²) in [5.74, 6) is -0.628. The fourth-order valence-corrected chi connectivity index (χ4v) is 1.73. The molecule has 78 valence electrons. The summed E-state index contributed by atoms with van der Waals surface area (Å²) < 4.78 is 22.3. The topological polar surface area (TPSA) is 108 Å². The molecule has 0 bridgehead atoms. The molecule has 0 saturated heterocycles. The van der Waals surface area contributed by atoms with Crippen LogP contribution in [0.2, 0.25) is 0 Å². The summed E-state index contributed by atoms with van der Waals surface area (Å²) in [7, 11) is 0.739. The van der Waals surface area contributed by atoms with E-state index in [1.165, 1.54) is 0 Å². The Morgan fingerprint density at radius 3 is 2.71 bits per heavy atom. The Labute approximate surface area is 87.3 Å². The molecule has 0 aromatic heterocycles. The van der Waals surface area contributed by atoms with E-state index in [0.29, 0.717) is 5.01 Å². The van der Waals surface area contributed by atoms with E-state index in [4.69, 9.17) is 10.7 Å². The van der Waals surface area contributed by atoms with Gasteiger partial charge in [-0.25, -0.2) is 0 Å². The minimum Gasteiger partial charge on any atom is -0.270 e. The van der Waals surface area contributed by atoms with Crippen molar-refractivity contribution in [2.24, 2.45) is 10.3 Å². The molecule has 1 N–H and O–H groups in total. The largest absolute Gasteiger partial charge is 0.326 e. The first-order chi connectivity index (χ1) is 6.40. The average molecular weight is 259 g/mol. The molecule has 0 saturated carbocycles. The van der Waals surface area contributed by atoms with Crippen molar-refractivity contribution in [2.45, 2.75) is 0 Å². The molecule has 0 spiro atoms. The van der Waals surface area contributed by atoms with E-state index < -0.39 is 20.4 Å². The summed E-state index contributed by atoms with van der Waals surface area (Å²) in [6, 6.07) is 0. The van der Waals surface area contributed by atoms with Crippen LogP contribution in [-0.2, 0) is 14.0 Å². The molecule has 1 heterocycles. The van der Waals surface area contributed by atoms with Crippen molar-refractivity contribution >= 4 is 43.0 Å². The van der Waals surface area contributed by atoms with Gasteiger partial charge in [-0.2, -0.15) is 13.5 Å². The van der Waals surface area contributed by atoms with Gasteiger partial charge in [0.1, 0.15) is 6.54 Å². The smallest absolute Gasteiger partial charge is 0.270 e. The Bertz CT molecular complexity index is 391. The van der Waals surface area contributed by atoms with E-state index in [0.717, 1.165) is 0 Å². The molecule has 1 aliphatic rings. The normalized spacial score (nSPS) is 16.4. The van der Waals surface area contributed by atoms with Gasteiger partial charge in [0.25, 0.3) is 5.91 Å². The number of carbonyl (C=O) groups excluding carboxylic acids is 2. The number of carbonyl (C=O) groups is 2. The van der Waals surface area contributed by atoms with Gasteiger partial charge in [0.2, 0.25) is 0 Å². The van der Waals surface area contributed by atoms with Crippen molar-refractivity contribution in [1.29, 1.82) is 0 Å². The van der Waals surface area contributed by atoms with Gasteiger partial charge in [0.05, 0.1) is 0 Å². The van der Waals surface area contributed by atoms with Crippen molar-refractivity contribution in [1.82, 2.24) is 9.14 Å². The lowest BCUT2D eigenvalue weighted by molar-refractivity contribution is -0.124. The quantitative estimate of drug-likeness (QED) is 0.555. The lowest BCUT2D eigenvalue weighted by atomic mass is 10.6. The molecule has 8 nitrogen and oxygen atoms in total. The number of imide groups is 1. The predicted molar refractivity (Wildman–Crippen MR) is 47.5 cm³/mol. The van der Waals surface area contributed by atoms with Gasteiger partial charge in [-0.3, -0.25) is 9.59 Å². The Kier molecular flexibility index (Phi) is 3.42. The van der Waals surface area contributed by atoms with Crippen LogP contribution in [0, 0.1) is 0 Å². The Morgan fingerprint density at radius 2 is 2.29 bits per heavy atom. The maximum absolute atomic E-state index is 11.0. The molecule has 0 aromatic rings. The Balaban J connectivity index is 2.51. The number of nitrogens with zero attached hydrogens (tertiary/aromatic N) is 3. The van der Waals surface area contributed by atoms with Crippen LogP contribution in [0.15, 0.2) is 10.3 Å². The summed E-state index contributed by atoms with van der Waals surface area (Å²) in [5.41, 5.74) is 0. The van der Waals surface area contributed by atoms with Gasteiger partial charge in [-0.05, 0) is 0 Å². The van der Waals surface area contributed by atoms with Crippen molar-refractivity contribution in [3.8, 4) is 0 Å². The molecule has 0 radical (unpaired) electrons. The van der Waals surface area contributed by atoms with Crippen molar-refractivity contribution in [2.75, 3.05) is 6.54 Å². The minimum atomic E-state index is -4.01. The van der Waals surface area contributed by atoms with Gasteiger partial charge >= 0.3 is 14.5 Å². The zero-order chi connectivity index (χ0) is 10.8. The second kappa shape index (κ2) is 4.21. The molecule has 0 aromatic carbocycles. The number of rotatable bonds is 2. The molecule has 0 atom stereocenters. The highest BCUT2D eigenvalue weighted by Gasteiger charge is 2.27. The summed E-state index contributed by atoms with van der Waals surface area (Å²) in [4.78, 5) is 21.9. The highest BCUT2D eigenvalue weighted by Crippen LogP contribution is 2.12. The molecular formula is C3H3ClN4O4S2. The first-order valence-electron chi connectivity index (χ1n) is 3.03. The van der Waals surface area contributed by atoms with Gasteiger partial charge in [-0.15, -0.1) is 9.14 Å². The average Bonchev–Trinajstić information content (AvgIpc) is 2.46. The monoisotopic (exact) mass is 258 g/mol. The molecule has 1 aliphatic heterocycles. The summed E-state index contributed by atoms with van der Waals surface area (Å²) in [6.45, 7) is -0.222. The second-order valence-electron chi connectivity index (χ2n) is 1.98. The molecule has 1 rings (SSSR count). The molecule has 0 aliphatic carbocycles. The summed E-state index contributed by atoms with van der Waals surface area (Å²) >= 11 is 0.127. The third kappa shape index (κ3) is 3.21. The summed E-state index contributed by atoms with van der Waals surface area (Å²) in [6.07, 6.45) is 0. The van der Waals surface area contributed by atoms with E-state index in [9.17, 15) is 18.0 Å². The Hall–Kier alpha value is -0.710. The van der Waals surface area contributed by atoms with Crippen LogP contribution < -0.4 is 4.13 Å². The molecule has 0 fully saturated rings. The molecule has 11 heteroatoms. The highest BCUT2D eigenvalue weighted by atomic mass is 35.7. The number of hydrogen-bond donors (Lipinski definition) is 1. The van der Waals surface area contributed by atoms with Crippen LogP contribution in [0.25, 0.3) is 0 Å². The van der Waals surface area contributed by atoms with E-state index >= 15 is 0 Å². The third-order valence-electron chi connectivity index (χ3n) is 0.996. The van der Waals surface area contributed by atoms with Crippen LogP contribution in [0.4, 0.5) is 4.79 Å². The van der Waals surface area contributed by atoms with E-state index in [2.05, 4.69) is 10.3 Å². The Morgan fingerprint density at radius 1 is 1.64 bits per heavy atom. The number of halogens is 1. The fraction of sp³-hybridized carbons (Fsp3) is 0.333. The van der Waals surface area contributed by atoms with Crippen molar-refractivity contribution in [3.63, 3.8) is 0 Å². The molecule has 2 amide bonds. The lowest BCUT2D eigenvalue weighted by Gasteiger charge is -2.05. The van der Waals surface area contributed by atoms with E-state index in [-0.39, 0.29) is 18.5 Å². The second-order valence-corrected chi connectivity index (χ2v) is 5.30. The fourth-order valence-electron chi connectivity index (χ4n) is 0.539. The van der Waals surface area contributed by atoms with Gasteiger partial charge in [0.15, 0.2) is 0 Å². The van der Waals surface area contributed by atoms with Crippen LogP contribution in [0.1, 0.15) is 0 Å². The first-order valence-corrected chi connectivity index (χ1v) is 6.15. The molecule has 14 heavy (non-hydrogen) atoms. The van der Waals surface area contributed by atoms with Crippen LogP contribution in [0.3, 0.4) is 0 Å².